The highest BCUT2D eigenvalue weighted by atomic mass is 16.5. The molecule has 0 spiro atoms. The number of H-pyrrole nitrogens is 1. The number of hydrogen-bond donors (Lipinski definition) is 1. The summed E-state index contributed by atoms with van der Waals surface area (Å²) in [6.07, 6.45) is 4.85. The molecular weight excluding hydrogens is 302 g/mol. The van der Waals surface area contributed by atoms with Crippen LogP contribution in [0.4, 0.5) is 0 Å². The van der Waals surface area contributed by atoms with Crippen molar-refractivity contribution in [2.24, 2.45) is 0 Å². The summed E-state index contributed by atoms with van der Waals surface area (Å²) in [7, 11) is 1.68. The van der Waals surface area contributed by atoms with Gasteiger partial charge in [-0.05, 0) is 31.2 Å². The molecule has 2 aromatic heterocycles. The number of fused-ring (bicyclic) bond motifs is 1. The summed E-state index contributed by atoms with van der Waals surface area (Å²) < 4.78 is 7.36. The molecule has 6 heteroatoms. The van der Waals surface area contributed by atoms with Gasteiger partial charge in [-0.3, -0.25) is 4.90 Å². The lowest BCUT2D eigenvalue weighted by atomic mass is 10.1. The molecule has 0 radical (unpaired) electrons. The third-order valence-corrected chi connectivity index (χ3v) is 4.46. The molecule has 0 aliphatic carbocycles. The molecule has 0 saturated heterocycles. The van der Waals surface area contributed by atoms with Crippen molar-refractivity contribution in [1.29, 1.82) is 0 Å². The molecule has 3 aromatic rings. The van der Waals surface area contributed by atoms with Crippen LogP contribution in [-0.4, -0.2) is 38.1 Å². The highest BCUT2D eigenvalue weighted by molar-refractivity contribution is 5.38. The molecular formula is C18H21N5O. The summed E-state index contributed by atoms with van der Waals surface area (Å²) in [4.78, 5) is 14.9. The third-order valence-electron chi connectivity index (χ3n) is 4.46. The molecule has 6 nitrogen and oxygen atoms in total. The van der Waals surface area contributed by atoms with Gasteiger partial charge in [0.15, 0.2) is 0 Å². The first kappa shape index (κ1) is 15.0. The van der Waals surface area contributed by atoms with Gasteiger partial charge in [0.05, 0.1) is 25.0 Å². The van der Waals surface area contributed by atoms with Crippen LogP contribution in [0.2, 0.25) is 0 Å². The molecule has 4 rings (SSSR count). The second kappa shape index (κ2) is 6.13. The number of rotatable bonds is 4. The van der Waals surface area contributed by atoms with Gasteiger partial charge in [0.25, 0.3) is 0 Å². The molecule has 1 aliphatic heterocycles. The highest BCUT2D eigenvalue weighted by Gasteiger charge is 2.20. The maximum Gasteiger partial charge on any atom is 0.127 e. The Morgan fingerprint density at radius 1 is 1.25 bits per heavy atom. The van der Waals surface area contributed by atoms with E-state index in [1.165, 1.54) is 11.4 Å². The Kier molecular flexibility index (Phi) is 3.82. The maximum atomic E-state index is 5.23. The van der Waals surface area contributed by atoms with Crippen molar-refractivity contribution in [2.45, 2.75) is 26.4 Å². The SMILES string of the molecule is COc1ccc(-n2ccnc2CN2CCc3nc(C)[nH]c3C2)cc1. The summed E-state index contributed by atoms with van der Waals surface area (Å²) >= 11 is 0. The van der Waals surface area contributed by atoms with Crippen molar-refractivity contribution in [3.63, 3.8) is 0 Å². The summed E-state index contributed by atoms with van der Waals surface area (Å²) in [6, 6.07) is 8.05. The predicted octanol–water partition coefficient (Wildman–Crippen LogP) is 2.47. The van der Waals surface area contributed by atoms with Crippen molar-refractivity contribution in [3.8, 4) is 11.4 Å². The van der Waals surface area contributed by atoms with E-state index in [1.54, 1.807) is 7.11 Å². The van der Waals surface area contributed by atoms with Gasteiger partial charge in [0.2, 0.25) is 0 Å². The lowest BCUT2D eigenvalue weighted by Crippen LogP contribution is -2.31. The van der Waals surface area contributed by atoms with Gasteiger partial charge < -0.3 is 14.3 Å². The van der Waals surface area contributed by atoms with Crippen molar-refractivity contribution >= 4 is 0 Å². The van der Waals surface area contributed by atoms with Crippen LogP contribution in [0, 0.1) is 6.92 Å². The van der Waals surface area contributed by atoms with E-state index in [1.807, 2.05) is 31.5 Å². The molecule has 0 fully saturated rings. The number of hydrogen-bond acceptors (Lipinski definition) is 4. The lowest BCUT2D eigenvalue weighted by Gasteiger charge is -2.25. The molecule has 1 aromatic carbocycles. The monoisotopic (exact) mass is 323 g/mol. The topological polar surface area (TPSA) is 59.0 Å². The van der Waals surface area contributed by atoms with E-state index in [0.29, 0.717) is 0 Å². The lowest BCUT2D eigenvalue weighted by molar-refractivity contribution is 0.234. The van der Waals surface area contributed by atoms with E-state index < -0.39 is 0 Å². The predicted molar refractivity (Wildman–Crippen MR) is 91.3 cm³/mol. The number of nitrogens with zero attached hydrogens (tertiary/aromatic N) is 4. The van der Waals surface area contributed by atoms with Crippen LogP contribution >= 0.6 is 0 Å². The highest BCUT2D eigenvalue weighted by Crippen LogP contribution is 2.20. The van der Waals surface area contributed by atoms with Crippen molar-refractivity contribution in [2.75, 3.05) is 13.7 Å². The number of aromatic nitrogens is 4. The second-order valence-corrected chi connectivity index (χ2v) is 6.12. The smallest absolute Gasteiger partial charge is 0.127 e. The van der Waals surface area contributed by atoms with E-state index in [0.717, 1.165) is 49.1 Å². The fourth-order valence-electron chi connectivity index (χ4n) is 3.26. The second-order valence-electron chi connectivity index (χ2n) is 6.12. The Labute approximate surface area is 141 Å². The van der Waals surface area contributed by atoms with E-state index in [4.69, 9.17) is 4.74 Å². The van der Waals surface area contributed by atoms with Crippen LogP contribution in [0.15, 0.2) is 36.7 Å². The molecule has 1 N–H and O–H groups in total. The van der Waals surface area contributed by atoms with E-state index in [-0.39, 0.29) is 0 Å². The van der Waals surface area contributed by atoms with Gasteiger partial charge in [0.1, 0.15) is 17.4 Å². The average Bonchev–Trinajstić information content (AvgIpc) is 3.20. The van der Waals surface area contributed by atoms with Gasteiger partial charge in [0, 0.05) is 37.6 Å². The van der Waals surface area contributed by atoms with Crippen LogP contribution in [0.3, 0.4) is 0 Å². The number of imidazole rings is 2. The van der Waals surface area contributed by atoms with Gasteiger partial charge in [-0.25, -0.2) is 9.97 Å². The van der Waals surface area contributed by atoms with E-state index in [2.05, 4.69) is 36.6 Å². The molecule has 3 heterocycles. The molecule has 0 amide bonds. The molecule has 0 bridgehead atoms. The summed E-state index contributed by atoms with van der Waals surface area (Å²) in [5, 5.41) is 0. The van der Waals surface area contributed by atoms with Crippen molar-refractivity contribution in [1.82, 2.24) is 24.4 Å². The fraction of sp³-hybridized carbons (Fsp3) is 0.333. The quantitative estimate of drug-likeness (QED) is 0.801. The zero-order valence-corrected chi connectivity index (χ0v) is 14.0. The van der Waals surface area contributed by atoms with Crippen LogP contribution in [0.5, 0.6) is 5.75 Å². The first-order valence-electron chi connectivity index (χ1n) is 8.16. The number of aromatic amines is 1. The normalized spacial score (nSPS) is 14.6. The minimum atomic E-state index is 0.816. The fourth-order valence-corrected chi connectivity index (χ4v) is 3.26. The number of nitrogens with one attached hydrogen (secondary N) is 1. The molecule has 24 heavy (non-hydrogen) atoms. The molecule has 0 unspecified atom stereocenters. The number of methoxy groups -OCH3 is 1. The Balaban J connectivity index is 1.53. The Morgan fingerprint density at radius 3 is 2.88 bits per heavy atom. The summed E-state index contributed by atoms with van der Waals surface area (Å²) in [5.74, 6) is 2.90. The molecule has 1 aliphatic rings. The Morgan fingerprint density at radius 2 is 2.08 bits per heavy atom. The molecule has 124 valence electrons. The van der Waals surface area contributed by atoms with Gasteiger partial charge >= 0.3 is 0 Å². The van der Waals surface area contributed by atoms with Crippen molar-refractivity contribution in [3.05, 3.63) is 59.7 Å². The van der Waals surface area contributed by atoms with E-state index in [9.17, 15) is 0 Å². The minimum Gasteiger partial charge on any atom is -0.497 e. The van der Waals surface area contributed by atoms with E-state index >= 15 is 0 Å². The van der Waals surface area contributed by atoms with Gasteiger partial charge in [-0.15, -0.1) is 0 Å². The Hall–Kier alpha value is -2.60. The largest absolute Gasteiger partial charge is 0.497 e. The van der Waals surface area contributed by atoms with Crippen LogP contribution in [0.1, 0.15) is 23.0 Å². The number of ether oxygens (including phenoxy) is 1. The standard InChI is InChI=1S/C18H21N5O/c1-13-20-16-7-9-22(11-17(16)21-13)12-18-19-8-10-23(18)14-3-5-15(24-2)6-4-14/h3-6,8,10H,7,9,11-12H2,1-2H3,(H,20,21). The zero-order chi connectivity index (χ0) is 16.5. The first-order chi connectivity index (χ1) is 11.7. The Bertz CT molecular complexity index is 833. The average molecular weight is 323 g/mol. The molecule has 0 atom stereocenters. The minimum absolute atomic E-state index is 0.816. The summed E-state index contributed by atoms with van der Waals surface area (Å²) in [6.45, 7) is 4.73. The first-order valence-corrected chi connectivity index (χ1v) is 8.16. The number of aryl methyl sites for hydroxylation is 1. The summed E-state index contributed by atoms with van der Waals surface area (Å²) in [5.41, 5.74) is 3.54. The maximum absolute atomic E-state index is 5.23. The van der Waals surface area contributed by atoms with Crippen LogP contribution in [-0.2, 0) is 19.5 Å². The third kappa shape index (κ3) is 2.80. The van der Waals surface area contributed by atoms with Crippen LogP contribution in [0.25, 0.3) is 5.69 Å². The zero-order valence-electron chi connectivity index (χ0n) is 14.0. The van der Waals surface area contributed by atoms with Crippen molar-refractivity contribution < 1.29 is 4.74 Å². The molecule has 0 saturated carbocycles. The van der Waals surface area contributed by atoms with Gasteiger partial charge in [-0.2, -0.15) is 0 Å². The number of benzene rings is 1. The van der Waals surface area contributed by atoms with Crippen LogP contribution < -0.4 is 4.74 Å². The van der Waals surface area contributed by atoms with Gasteiger partial charge in [-0.1, -0.05) is 0 Å².